The summed E-state index contributed by atoms with van der Waals surface area (Å²) in [5, 5.41) is 0. The number of carbonyl (C=O) groups excluding carboxylic acids is 2. The minimum atomic E-state index is -0.205. The maximum absolute atomic E-state index is 13.5. The fraction of sp³-hybridized carbons (Fsp3) is 0.480. The predicted molar refractivity (Wildman–Crippen MR) is 127 cm³/mol. The highest BCUT2D eigenvalue weighted by Gasteiger charge is 2.31. The first-order chi connectivity index (χ1) is 15.8. The third-order valence-corrected chi connectivity index (χ3v) is 6.69. The van der Waals surface area contributed by atoms with E-state index in [1.165, 1.54) is 0 Å². The number of fused-ring (bicyclic) bond motifs is 1. The van der Waals surface area contributed by atoms with Gasteiger partial charge in [-0.1, -0.05) is 0 Å². The Kier molecular flexibility index (Phi) is 6.44. The van der Waals surface area contributed by atoms with Crippen molar-refractivity contribution in [3.05, 3.63) is 52.9 Å². The Morgan fingerprint density at radius 2 is 1.88 bits per heavy atom. The monoisotopic (exact) mass is 448 g/mol. The molecule has 3 heterocycles. The number of rotatable bonds is 5. The van der Waals surface area contributed by atoms with Crippen LogP contribution in [0.4, 0.5) is 0 Å². The van der Waals surface area contributed by atoms with Crippen molar-refractivity contribution in [2.45, 2.75) is 53.0 Å². The van der Waals surface area contributed by atoms with E-state index in [1.54, 1.807) is 11.1 Å². The van der Waals surface area contributed by atoms with Gasteiger partial charge in [0.1, 0.15) is 5.82 Å². The van der Waals surface area contributed by atoms with Crippen molar-refractivity contribution < 1.29 is 9.59 Å². The van der Waals surface area contributed by atoms with Gasteiger partial charge < -0.3 is 14.4 Å². The number of benzene rings is 1. The highest BCUT2D eigenvalue weighted by molar-refractivity contribution is 5.98. The van der Waals surface area contributed by atoms with Crippen LogP contribution in [0.25, 0.3) is 11.0 Å². The van der Waals surface area contributed by atoms with Crippen molar-refractivity contribution in [2.75, 3.05) is 19.6 Å². The molecular formula is C25H32N6O2. The Bertz CT molecular complexity index is 1200. The molecule has 2 amide bonds. The van der Waals surface area contributed by atoms with Crippen LogP contribution in [0.15, 0.2) is 24.4 Å². The molecule has 1 aliphatic heterocycles. The van der Waals surface area contributed by atoms with E-state index in [4.69, 9.17) is 4.98 Å². The van der Waals surface area contributed by atoms with Crippen LogP contribution in [0, 0.1) is 13.8 Å². The van der Waals surface area contributed by atoms with Crippen LogP contribution in [0.3, 0.4) is 0 Å². The predicted octanol–water partition coefficient (Wildman–Crippen LogP) is 3.83. The minimum absolute atomic E-state index is 0.0329. The van der Waals surface area contributed by atoms with Gasteiger partial charge in [0.05, 0.1) is 28.3 Å². The van der Waals surface area contributed by atoms with Gasteiger partial charge in [-0.05, 0) is 65.2 Å². The molecule has 0 radical (unpaired) electrons. The fourth-order valence-corrected chi connectivity index (χ4v) is 4.60. The zero-order chi connectivity index (χ0) is 23.7. The number of aromatic nitrogens is 4. The van der Waals surface area contributed by atoms with Crippen LogP contribution in [0.1, 0.15) is 77.2 Å². The first-order valence-corrected chi connectivity index (χ1v) is 11.7. The highest BCUT2D eigenvalue weighted by atomic mass is 16.2. The third-order valence-electron chi connectivity index (χ3n) is 6.69. The van der Waals surface area contributed by atoms with Gasteiger partial charge in [0, 0.05) is 38.4 Å². The van der Waals surface area contributed by atoms with E-state index < -0.39 is 0 Å². The molecule has 1 aromatic carbocycles. The molecule has 0 N–H and O–H groups in total. The lowest BCUT2D eigenvalue weighted by Crippen LogP contribution is -2.39. The SMILES string of the molecule is CCN(CC)C(=O)c1cnc([C@@H]2CCCCN2C(=O)c2ccc3c(c2)nc(C)n3C)nc1C. The Morgan fingerprint density at radius 1 is 1.12 bits per heavy atom. The summed E-state index contributed by atoms with van der Waals surface area (Å²) < 4.78 is 2.02. The molecule has 8 heteroatoms. The van der Waals surface area contributed by atoms with E-state index in [0.29, 0.717) is 42.3 Å². The quantitative estimate of drug-likeness (QED) is 0.592. The number of imidazole rings is 1. The Balaban J connectivity index is 1.63. The van der Waals surface area contributed by atoms with Crippen molar-refractivity contribution in [1.82, 2.24) is 29.3 Å². The maximum atomic E-state index is 13.5. The number of likely N-dealkylation sites (tertiary alicyclic amines) is 1. The van der Waals surface area contributed by atoms with Gasteiger partial charge in [0.25, 0.3) is 11.8 Å². The van der Waals surface area contributed by atoms with E-state index in [1.807, 2.05) is 62.4 Å². The lowest BCUT2D eigenvalue weighted by Gasteiger charge is -2.35. The van der Waals surface area contributed by atoms with Gasteiger partial charge >= 0.3 is 0 Å². The van der Waals surface area contributed by atoms with Gasteiger partial charge in [-0.3, -0.25) is 9.59 Å². The molecule has 33 heavy (non-hydrogen) atoms. The molecule has 0 aliphatic carbocycles. The smallest absolute Gasteiger partial charge is 0.257 e. The van der Waals surface area contributed by atoms with E-state index >= 15 is 0 Å². The molecular weight excluding hydrogens is 416 g/mol. The molecule has 8 nitrogen and oxygen atoms in total. The first-order valence-electron chi connectivity index (χ1n) is 11.7. The van der Waals surface area contributed by atoms with Crippen LogP contribution >= 0.6 is 0 Å². The van der Waals surface area contributed by atoms with Crippen molar-refractivity contribution in [2.24, 2.45) is 7.05 Å². The van der Waals surface area contributed by atoms with Crippen molar-refractivity contribution in [1.29, 1.82) is 0 Å². The summed E-state index contributed by atoms with van der Waals surface area (Å²) in [6.07, 6.45) is 4.39. The molecule has 0 bridgehead atoms. The van der Waals surface area contributed by atoms with Gasteiger partial charge in [-0.2, -0.15) is 0 Å². The van der Waals surface area contributed by atoms with Crippen molar-refractivity contribution in [3.8, 4) is 0 Å². The molecule has 3 aromatic rings. The van der Waals surface area contributed by atoms with E-state index in [2.05, 4.69) is 9.97 Å². The maximum Gasteiger partial charge on any atom is 0.257 e. The number of hydrogen-bond donors (Lipinski definition) is 0. The lowest BCUT2D eigenvalue weighted by atomic mass is 9.99. The minimum Gasteiger partial charge on any atom is -0.339 e. The average Bonchev–Trinajstić information content (AvgIpc) is 3.11. The molecule has 1 fully saturated rings. The van der Waals surface area contributed by atoms with Crippen LogP contribution in [-0.2, 0) is 7.05 Å². The molecule has 2 aromatic heterocycles. The Labute approximate surface area is 194 Å². The molecule has 0 unspecified atom stereocenters. The third kappa shape index (κ3) is 4.21. The number of nitrogens with zero attached hydrogens (tertiary/aromatic N) is 6. The molecule has 0 spiro atoms. The molecule has 1 saturated heterocycles. The van der Waals surface area contributed by atoms with Crippen LogP contribution in [-0.4, -0.2) is 60.8 Å². The number of piperidine rings is 1. The molecule has 174 valence electrons. The molecule has 4 rings (SSSR count). The summed E-state index contributed by atoms with van der Waals surface area (Å²) in [6, 6.07) is 5.49. The van der Waals surface area contributed by atoms with Gasteiger partial charge in [-0.15, -0.1) is 0 Å². The molecule has 0 saturated carbocycles. The molecule has 1 aliphatic rings. The topological polar surface area (TPSA) is 84.2 Å². The number of hydrogen-bond acceptors (Lipinski definition) is 5. The van der Waals surface area contributed by atoms with E-state index in [-0.39, 0.29) is 17.9 Å². The second-order valence-corrected chi connectivity index (χ2v) is 8.64. The van der Waals surface area contributed by atoms with Crippen LogP contribution in [0.5, 0.6) is 0 Å². The lowest BCUT2D eigenvalue weighted by molar-refractivity contribution is 0.0598. The normalized spacial score (nSPS) is 16.3. The van der Waals surface area contributed by atoms with Gasteiger partial charge in [0.2, 0.25) is 0 Å². The fourth-order valence-electron chi connectivity index (χ4n) is 4.60. The second-order valence-electron chi connectivity index (χ2n) is 8.64. The summed E-state index contributed by atoms with van der Waals surface area (Å²) >= 11 is 0. The zero-order valence-electron chi connectivity index (χ0n) is 20.1. The van der Waals surface area contributed by atoms with Gasteiger partial charge in [0.15, 0.2) is 5.82 Å². The Hall–Kier alpha value is -3.29. The van der Waals surface area contributed by atoms with Crippen LogP contribution < -0.4 is 0 Å². The first kappa shape index (κ1) is 22.9. The van der Waals surface area contributed by atoms with Crippen LogP contribution in [0.2, 0.25) is 0 Å². The number of carbonyl (C=O) groups is 2. The van der Waals surface area contributed by atoms with Crippen molar-refractivity contribution >= 4 is 22.8 Å². The zero-order valence-corrected chi connectivity index (χ0v) is 20.1. The summed E-state index contributed by atoms with van der Waals surface area (Å²) in [7, 11) is 1.97. The largest absolute Gasteiger partial charge is 0.339 e. The molecule has 1 atom stereocenters. The average molecular weight is 449 g/mol. The number of amides is 2. The summed E-state index contributed by atoms with van der Waals surface area (Å²) in [4.78, 5) is 43.8. The highest BCUT2D eigenvalue weighted by Crippen LogP contribution is 2.31. The number of aryl methyl sites for hydroxylation is 3. The van der Waals surface area contributed by atoms with Crippen molar-refractivity contribution in [3.63, 3.8) is 0 Å². The standard InChI is InChI=1S/C25H32N6O2/c1-6-30(7-2)25(33)19-15-26-23(27-16(19)3)22-10-8-9-13-31(22)24(32)18-11-12-21-20(14-18)28-17(4)29(21)5/h11-12,14-15,22H,6-10,13H2,1-5H3/t22-/m0/s1. The van der Waals surface area contributed by atoms with E-state index in [0.717, 1.165) is 36.1 Å². The van der Waals surface area contributed by atoms with E-state index in [9.17, 15) is 9.59 Å². The van der Waals surface area contributed by atoms with Gasteiger partial charge in [-0.25, -0.2) is 15.0 Å². The summed E-state index contributed by atoms with van der Waals surface area (Å²) in [5.41, 5.74) is 3.62. The summed E-state index contributed by atoms with van der Waals surface area (Å²) in [5.74, 6) is 1.43. The summed E-state index contributed by atoms with van der Waals surface area (Å²) in [6.45, 7) is 9.65. The Morgan fingerprint density at radius 3 is 2.58 bits per heavy atom. The second kappa shape index (κ2) is 9.29.